The van der Waals surface area contributed by atoms with Crippen LogP contribution in [0.1, 0.15) is 44.1 Å². The highest BCUT2D eigenvalue weighted by molar-refractivity contribution is 5.91. The number of carbonyl (C=O) groups excluding carboxylic acids is 2. The fourth-order valence-corrected chi connectivity index (χ4v) is 3.02. The first-order valence-electron chi connectivity index (χ1n) is 10.6. The maximum atomic E-state index is 12.9. The van der Waals surface area contributed by atoms with Gasteiger partial charge in [-0.1, -0.05) is 18.6 Å². The highest BCUT2D eigenvalue weighted by Crippen LogP contribution is 2.12. The average Bonchev–Trinajstić information content (AvgIpc) is 2.73. The average molecular weight is 438 g/mol. The van der Waals surface area contributed by atoms with E-state index in [0.717, 1.165) is 6.42 Å². The Bertz CT molecular complexity index is 698. The van der Waals surface area contributed by atoms with Crippen LogP contribution in [0, 0.1) is 0 Å². The molecule has 1 aromatic rings. The normalized spacial score (nSPS) is 13.8. The van der Waals surface area contributed by atoms with Gasteiger partial charge in [-0.3, -0.25) is 9.59 Å². The van der Waals surface area contributed by atoms with Crippen molar-refractivity contribution >= 4 is 17.8 Å². The molecule has 10 N–H and O–H groups in total. The largest absolute Gasteiger partial charge is 0.508 e. The van der Waals surface area contributed by atoms with Gasteiger partial charge >= 0.3 is 5.97 Å². The van der Waals surface area contributed by atoms with Gasteiger partial charge in [0.05, 0.1) is 6.04 Å². The minimum Gasteiger partial charge on any atom is -0.508 e. The molecule has 0 saturated heterocycles. The van der Waals surface area contributed by atoms with Crippen LogP contribution < -0.4 is 27.8 Å². The van der Waals surface area contributed by atoms with Gasteiger partial charge in [0, 0.05) is 6.42 Å². The zero-order valence-corrected chi connectivity index (χ0v) is 17.8. The highest BCUT2D eigenvalue weighted by atomic mass is 16.4. The van der Waals surface area contributed by atoms with E-state index in [2.05, 4.69) is 10.6 Å². The summed E-state index contributed by atoms with van der Waals surface area (Å²) in [7, 11) is 0. The third-order valence-corrected chi connectivity index (χ3v) is 4.88. The molecule has 0 aliphatic rings. The monoisotopic (exact) mass is 437 g/mol. The summed E-state index contributed by atoms with van der Waals surface area (Å²) in [4.78, 5) is 36.9. The third kappa shape index (κ3) is 10.3. The molecule has 0 aliphatic carbocycles. The zero-order valence-electron chi connectivity index (χ0n) is 17.8. The van der Waals surface area contributed by atoms with Crippen molar-refractivity contribution in [2.24, 2.45) is 17.2 Å². The number of aromatic hydroxyl groups is 1. The molecule has 0 bridgehead atoms. The first kappa shape index (κ1) is 26.3. The number of amides is 2. The van der Waals surface area contributed by atoms with Gasteiger partial charge in [0.2, 0.25) is 11.8 Å². The maximum absolute atomic E-state index is 12.9. The summed E-state index contributed by atoms with van der Waals surface area (Å²) in [5, 5.41) is 24.0. The van der Waals surface area contributed by atoms with Crippen LogP contribution >= 0.6 is 0 Å². The number of aliphatic carboxylic acids is 1. The molecule has 0 spiro atoms. The molecule has 0 radical (unpaired) electrons. The van der Waals surface area contributed by atoms with E-state index in [-0.39, 0.29) is 18.6 Å². The molecule has 31 heavy (non-hydrogen) atoms. The molecule has 1 aromatic carbocycles. The van der Waals surface area contributed by atoms with E-state index in [4.69, 9.17) is 17.2 Å². The number of carbonyl (C=O) groups is 3. The second-order valence-electron chi connectivity index (χ2n) is 7.51. The number of hydrogen-bond donors (Lipinski definition) is 7. The molecule has 2 amide bonds. The highest BCUT2D eigenvalue weighted by Gasteiger charge is 2.28. The van der Waals surface area contributed by atoms with E-state index in [1.54, 1.807) is 12.1 Å². The molecule has 0 unspecified atom stereocenters. The Kier molecular flexibility index (Phi) is 12.2. The van der Waals surface area contributed by atoms with Crippen molar-refractivity contribution in [1.29, 1.82) is 0 Å². The maximum Gasteiger partial charge on any atom is 0.326 e. The van der Waals surface area contributed by atoms with Crippen molar-refractivity contribution in [3.8, 4) is 5.75 Å². The number of rotatable bonds is 15. The Morgan fingerprint density at radius 1 is 0.839 bits per heavy atom. The van der Waals surface area contributed by atoms with Gasteiger partial charge in [-0.05, 0) is 62.9 Å². The van der Waals surface area contributed by atoms with E-state index < -0.39 is 35.9 Å². The smallest absolute Gasteiger partial charge is 0.326 e. The van der Waals surface area contributed by atoms with Crippen LogP contribution in [-0.4, -0.2) is 59.2 Å². The Balaban J connectivity index is 2.88. The lowest BCUT2D eigenvalue weighted by atomic mass is 10.0. The number of nitrogens with two attached hydrogens (primary N) is 3. The summed E-state index contributed by atoms with van der Waals surface area (Å²) >= 11 is 0. The van der Waals surface area contributed by atoms with Gasteiger partial charge in [0.25, 0.3) is 0 Å². The molecule has 0 heterocycles. The van der Waals surface area contributed by atoms with Crippen molar-refractivity contribution in [2.45, 2.75) is 63.1 Å². The van der Waals surface area contributed by atoms with Gasteiger partial charge in [-0.2, -0.15) is 0 Å². The van der Waals surface area contributed by atoms with Gasteiger partial charge in [0.1, 0.15) is 17.8 Å². The SMILES string of the molecule is NCCCC[C@H](NC(=O)[C@@H](Cc1ccc(O)cc1)NC(=O)[C@@H](N)CCCCN)C(=O)O. The number of benzene rings is 1. The summed E-state index contributed by atoms with van der Waals surface area (Å²) in [6, 6.07) is 3.28. The lowest BCUT2D eigenvalue weighted by Gasteiger charge is -2.23. The van der Waals surface area contributed by atoms with Crippen LogP contribution in [0.5, 0.6) is 5.75 Å². The van der Waals surface area contributed by atoms with E-state index in [1.165, 1.54) is 12.1 Å². The number of carboxylic acids is 1. The first-order chi connectivity index (χ1) is 14.8. The Labute approximate surface area is 182 Å². The van der Waals surface area contributed by atoms with Crippen molar-refractivity contribution in [3.05, 3.63) is 29.8 Å². The Morgan fingerprint density at radius 3 is 1.94 bits per heavy atom. The van der Waals surface area contributed by atoms with Gasteiger partial charge < -0.3 is 38.0 Å². The number of unbranched alkanes of at least 4 members (excludes halogenated alkanes) is 2. The van der Waals surface area contributed by atoms with Crippen LogP contribution in [-0.2, 0) is 20.8 Å². The minimum absolute atomic E-state index is 0.0709. The summed E-state index contributed by atoms with van der Waals surface area (Å²) < 4.78 is 0. The number of carboxylic acid groups (broad SMARTS) is 1. The summed E-state index contributed by atoms with van der Waals surface area (Å²) in [6.45, 7) is 0.933. The topological polar surface area (TPSA) is 194 Å². The van der Waals surface area contributed by atoms with Crippen molar-refractivity contribution in [2.75, 3.05) is 13.1 Å². The lowest BCUT2D eigenvalue weighted by Crippen LogP contribution is -2.55. The van der Waals surface area contributed by atoms with E-state index in [9.17, 15) is 24.6 Å². The van der Waals surface area contributed by atoms with Crippen LogP contribution in [0.3, 0.4) is 0 Å². The van der Waals surface area contributed by atoms with Gasteiger partial charge in [0.15, 0.2) is 0 Å². The molecule has 1 rings (SSSR count). The van der Waals surface area contributed by atoms with Crippen molar-refractivity contribution < 1.29 is 24.6 Å². The van der Waals surface area contributed by atoms with E-state index in [1.807, 2.05) is 0 Å². The first-order valence-corrected chi connectivity index (χ1v) is 10.6. The fraction of sp³-hybridized carbons (Fsp3) is 0.571. The van der Waals surface area contributed by atoms with Crippen LogP contribution in [0.4, 0.5) is 0 Å². The van der Waals surface area contributed by atoms with Crippen LogP contribution in [0.2, 0.25) is 0 Å². The number of phenols is 1. The molecule has 10 nitrogen and oxygen atoms in total. The predicted octanol–water partition coefficient (Wildman–Crippen LogP) is -0.426. The van der Waals surface area contributed by atoms with E-state index in [0.29, 0.717) is 44.3 Å². The molecule has 3 atom stereocenters. The van der Waals surface area contributed by atoms with Gasteiger partial charge in [-0.25, -0.2) is 4.79 Å². The molecule has 10 heteroatoms. The second-order valence-corrected chi connectivity index (χ2v) is 7.51. The standard InChI is InChI=1S/C21H35N5O5/c22-11-3-1-5-16(24)19(28)26-18(13-14-7-9-15(27)10-8-14)20(29)25-17(21(30)31)6-2-4-12-23/h7-10,16-18,27H,1-6,11-13,22-24H2,(H,25,29)(H,26,28)(H,30,31)/t16-,17-,18+/m0/s1. The molecular formula is C21H35N5O5. The second kappa shape index (κ2) is 14.3. The Morgan fingerprint density at radius 2 is 1.39 bits per heavy atom. The van der Waals surface area contributed by atoms with Crippen molar-refractivity contribution in [1.82, 2.24) is 10.6 Å². The lowest BCUT2D eigenvalue weighted by molar-refractivity contribution is -0.142. The predicted molar refractivity (Wildman–Crippen MR) is 117 cm³/mol. The summed E-state index contributed by atoms with van der Waals surface area (Å²) in [5.74, 6) is -2.19. The van der Waals surface area contributed by atoms with E-state index >= 15 is 0 Å². The minimum atomic E-state index is -1.15. The molecule has 0 aromatic heterocycles. The van der Waals surface area contributed by atoms with Crippen LogP contribution in [0.15, 0.2) is 24.3 Å². The Hall–Kier alpha value is -2.69. The number of nitrogens with one attached hydrogen (secondary N) is 2. The van der Waals surface area contributed by atoms with Gasteiger partial charge in [-0.15, -0.1) is 0 Å². The van der Waals surface area contributed by atoms with Crippen LogP contribution in [0.25, 0.3) is 0 Å². The number of hydrogen-bond acceptors (Lipinski definition) is 7. The molecule has 0 aliphatic heterocycles. The fourth-order valence-electron chi connectivity index (χ4n) is 3.02. The molecule has 174 valence electrons. The molecule has 0 fully saturated rings. The summed E-state index contributed by atoms with van der Waals surface area (Å²) in [5.41, 5.74) is 17.5. The molecule has 0 saturated carbocycles. The summed E-state index contributed by atoms with van der Waals surface area (Å²) in [6.07, 6.45) is 3.38. The van der Waals surface area contributed by atoms with Crippen molar-refractivity contribution in [3.63, 3.8) is 0 Å². The quantitative estimate of drug-likeness (QED) is 0.180. The zero-order chi connectivity index (χ0) is 23.2. The molecular weight excluding hydrogens is 402 g/mol. The number of phenolic OH excluding ortho intramolecular Hbond substituents is 1. The third-order valence-electron chi connectivity index (χ3n) is 4.88.